The van der Waals surface area contributed by atoms with Crippen LogP contribution in [0.25, 0.3) is 0 Å². The largest absolute Gasteiger partial charge is 0.466 e. The lowest BCUT2D eigenvalue weighted by molar-refractivity contribution is -0.137. The first-order chi connectivity index (χ1) is 4.81. The molecule has 0 aromatic heterocycles. The van der Waals surface area contributed by atoms with Crippen LogP contribution in [0, 0.1) is 0 Å². The van der Waals surface area contributed by atoms with Gasteiger partial charge in [-0.3, -0.25) is 4.79 Å². The average Bonchev–Trinajstić information content (AvgIpc) is 2.40. The normalized spacial score (nSPS) is 15.6. The van der Waals surface area contributed by atoms with Gasteiger partial charge in [0.15, 0.2) is 0 Å². The van der Waals surface area contributed by atoms with Crippen LogP contribution in [0.2, 0.25) is 0 Å². The van der Waals surface area contributed by atoms with E-state index in [9.17, 15) is 4.79 Å². The maximum absolute atomic E-state index is 10.0. The van der Waals surface area contributed by atoms with Crippen molar-refractivity contribution in [3.05, 3.63) is 0 Å². The summed E-state index contributed by atoms with van der Waals surface area (Å²) in [5.41, 5.74) is 0. The van der Waals surface area contributed by atoms with E-state index in [0.717, 1.165) is 13.0 Å². The van der Waals surface area contributed by atoms with Crippen molar-refractivity contribution in [1.82, 2.24) is 0 Å². The monoisotopic (exact) mass is 146 g/mol. The molecule has 10 heavy (non-hydrogen) atoms. The highest BCUT2D eigenvalue weighted by atomic mass is 16.5. The molecule has 0 aliphatic carbocycles. The molecule has 60 valence electrons. The van der Waals surface area contributed by atoms with E-state index >= 15 is 0 Å². The van der Waals surface area contributed by atoms with Crippen LogP contribution in [-0.2, 0) is 14.3 Å². The van der Waals surface area contributed by atoms with Crippen molar-refractivity contribution in [2.24, 2.45) is 0 Å². The summed E-state index contributed by atoms with van der Waals surface area (Å²) in [6.07, 6.45) is 1.54. The molecule has 0 saturated carbocycles. The van der Waals surface area contributed by atoms with Gasteiger partial charge in [-0.05, 0) is 13.3 Å². The van der Waals surface area contributed by atoms with Crippen molar-refractivity contribution in [1.29, 1.82) is 0 Å². The lowest BCUT2D eigenvalue weighted by Crippen LogP contribution is -1.88. The van der Waals surface area contributed by atoms with Crippen LogP contribution in [0.3, 0.4) is 0 Å². The van der Waals surface area contributed by atoms with Gasteiger partial charge >= 0.3 is 5.97 Å². The summed E-state index contributed by atoms with van der Waals surface area (Å²) in [4.78, 5) is 10.0. The number of rotatable bonds is 1. The van der Waals surface area contributed by atoms with Gasteiger partial charge in [-0.2, -0.15) is 0 Å². The first-order valence-electron chi connectivity index (χ1n) is 3.45. The van der Waals surface area contributed by atoms with E-state index in [4.69, 9.17) is 0 Å². The number of hydrogen-bond acceptors (Lipinski definition) is 3. The van der Waals surface area contributed by atoms with Crippen molar-refractivity contribution in [2.45, 2.75) is 19.8 Å². The summed E-state index contributed by atoms with van der Waals surface area (Å²) in [7, 11) is 1.68. The predicted octanol–water partition coefficient (Wildman–Crippen LogP) is 0.976. The minimum Gasteiger partial charge on any atom is -0.466 e. The van der Waals surface area contributed by atoms with Crippen LogP contribution < -0.4 is 0 Å². The number of ether oxygens (including phenoxy) is 2. The maximum Gasteiger partial charge on any atom is 0.305 e. The number of esters is 1. The van der Waals surface area contributed by atoms with Crippen molar-refractivity contribution in [3.8, 4) is 0 Å². The number of methoxy groups -OCH3 is 1. The summed E-state index contributed by atoms with van der Waals surface area (Å²) in [5, 5.41) is 0. The molecule has 1 aliphatic rings. The second-order valence-corrected chi connectivity index (χ2v) is 1.90. The molecule has 1 fully saturated rings. The zero-order valence-corrected chi connectivity index (χ0v) is 6.55. The fourth-order valence-corrected chi connectivity index (χ4v) is 0.475. The Labute approximate surface area is 61.3 Å². The molecule has 0 spiro atoms. The zero-order chi connectivity index (χ0) is 7.82. The third kappa shape index (κ3) is 5.56. The predicted molar refractivity (Wildman–Crippen MR) is 37.7 cm³/mol. The van der Waals surface area contributed by atoms with Gasteiger partial charge in [-0.25, -0.2) is 0 Å². The molecule has 0 bridgehead atoms. The first kappa shape index (κ1) is 9.43. The Morgan fingerprint density at radius 2 is 2.30 bits per heavy atom. The molecule has 1 heterocycles. The Morgan fingerprint density at radius 1 is 1.70 bits per heavy atom. The Hall–Kier alpha value is -0.570. The molecule has 0 radical (unpaired) electrons. The number of carbonyl (C=O) groups excluding carboxylic acids is 1. The molecule has 1 rings (SSSR count). The molecule has 0 atom stereocenters. The molecule has 1 saturated heterocycles. The van der Waals surface area contributed by atoms with Crippen LogP contribution >= 0.6 is 0 Å². The molecule has 0 aromatic rings. The fourth-order valence-electron chi connectivity index (χ4n) is 0.475. The van der Waals surface area contributed by atoms with Gasteiger partial charge < -0.3 is 9.47 Å². The van der Waals surface area contributed by atoms with Crippen LogP contribution in [0.1, 0.15) is 19.8 Å². The highest BCUT2D eigenvalue weighted by Crippen LogP contribution is 2.01. The van der Waals surface area contributed by atoms with Crippen LogP contribution in [0.5, 0.6) is 0 Å². The van der Waals surface area contributed by atoms with Gasteiger partial charge in [0.1, 0.15) is 0 Å². The lowest BCUT2D eigenvalue weighted by atomic mass is 10.4. The summed E-state index contributed by atoms with van der Waals surface area (Å²) in [6.45, 7) is 3.42. The second-order valence-electron chi connectivity index (χ2n) is 1.90. The van der Waals surface area contributed by atoms with E-state index in [1.807, 2.05) is 6.92 Å². The smallest absolute Gasteiger partial charge is 0.305 e. The minimum atomic E-state index is -0.0463. The second kappa shape index (κ2) is 6.55. The number of hydrogen-bond donors (Lipinski definition) is 0. The quantitative estimate of drug-likeness (QED) is 0.517. The van der Waals surface area contributed by atoms with Crippen LogP contribution in [-0.4, -0.2) is 26.3 Å². The Balaban J connectivity index is 0.000000180. The van der Waals surface area contributed by atoms with Gasteiger partial charge in [-0.15, -0.1) is 0 Å². The molecular formula is C7H14O3. The Bertz CT molecular complexity index is 80.9. The minimum absolute atomic E-state index is 0.0463. The summed E-state index contributed by atoms with van der Waals surface area (Å²) in [6, 6.07) is 0. The van der Waals surface area contributed by atoms with Gasteiger partial charge in [0.2, 0.25) is 0 Å². The van der Waals surface area contributed by atoms with Gasteiger partial charge in [0, 0.05) is 20.1 Å². The molecule has 1 aliphatic heterocycles. The van der Waals surface area contributed by atoms with E-state index in [-0.39, 0.29) is 5.97 Å². The Morgan fingerprint density at radius 3 is 2.40 bits per heavy atom. The van der Waals surface area contributed by atoms with Crippen LogP contribution in [0.4, 0.5) is 0 Å². The molecule has 0 aromatic carbocycles. The average molecular weight is 146 g/mol. The molecule has 0 N–H and O–H groups in total. The summed E-state index contributed by atoms with van der Waals surface area (Å²) in [5.74, 6) is -0.0463. The first-order valence-corrected chi connectivity index (χ1v) is 3.45. The standard InChI is InChI=1S/C4H6O2.C3H8O/c5-4-2-1-3-6-4;1-3-4-2/h1-3H2;3H2,1-2H3. The molecule has 0 amide bonds. The molecule has 0 unspecified atom stereocenters. The van der Waals surface area contributed by atoms with Crippen molar-refractivity contribution in [3.63, 3.8) is 0 Å². The van der Waals surface area contributed by atoms with Crippen LogP contribution in [0.15, 0.2) is 0 Å². The van der Waals surface area contributed by atoms with E-state index in [2.05, 4.69) is 9.47 Å². The number of carbonyl (C=O) groups is 1. The molecular weight excluding hydrogens is 132 g/mol. The van der Waals surface area contributed by atoms with Gasteiger partial charge in [0.25, 0.3) is 0 Å². The third-order valence-electron chi connectivity index (χ3n) is 1.08. The number of cyclic esters (lactones) is 1. The van der Waals surface area contributed by atoms with E-state index in [0.29, 0.717) is 13.0 Å². The van der Waals surface area contributed by atoms with Gasteiger partial charge in [-0.1, -0.05) is 0 Å². The SMILES string of the molecule is CCOC.O=C1CCCO1. The third-order valence-corrected chi connectivity index (χ3v) is 1.08. The highest BCUT2D eigenvalue weighted by Gasteiger charge is 2.08. The maximum atomic E-state index is 10.0. The van der Waals surface area contributed by atoms with E-state index in [1.165, 1.54) is 0 Å². The molecule has 3 nitrogen and oxygen atoms in total. The van der Waals surface area contributed by atoms with E-state index < -0.39 is 0 Å². The summed E-state index contributed by atoms with van der Waals surface area (Å²) < 4.78 is 9.06. The van der Waals surface area contributed by atoms with Crippen molar-refractivity contribution >= 4 is 5.97 Å². The zero-order valence-electron chi connectivity index (χ0n) is 6.55. The topological polar surface area (TPSA) is 35.5 Å². The van der Waals surface area contributed by atoms with Crippen molar-refractivity contribution < 1.29 is 14.3 Å². The van der Waals surface area contributed by atoms with E-state index in [1.54, 1.807) is 7.11 Å². The fraction of sp³-hybridized carbons (Fsp3) is 0.857. The van der Waals surface area contributed by atoms with Crippen molar-refractivity contribution in [2.75, 3.05) is 20.3 Å². The highest BCUT2D eigenvalue weighted by molar-refractivity contribution is 5.70. The lowest BCUT2D eigenvalue weighted by Gasteiger charge is -1.81. The summed E-state index contributed by atoms with van der Waals surface area (Å²) >= 11 is 0. The Kier molecular flexibility index (Phi) is 6.18. The van der Waals surface area contributed by atoms with Gasteiger partial charge in [0.05, 0.1) is 6.61 Å². The molecule has 3 heteroatoms.